The van der Waals surface area contributed by atoms with Gasteiger partial charge in [0.15, 0.2) is 0 Å². The molecule has 1 aromatic rings. The molecule has 0 N–H and O–H groups in total. The Morgan fingerprint density at radius 2 is 2.04 bits per heavy atom. The fourth-order valence-electron chi connectivity index (χ4n) is 4.11. The Morgan fingerprint density at radius 1 is 1.17 bits per heavy atom. The van der Waals surface area contributed by atoms with Crippen LogP contribution in [0.3, 0.4) is 0 Å². The van der Waals surface area contributed by atoms with E-state index in [0.29, 0.717) is 6.04 Å². The highest BCUT2D eigenvalue weighted by Gasteiger charge is 2.33. The first kappa shape index (κ1) is 15.1. The molecule has 126 valence electrons. The van der Waals surface area contributed by atoms with Gasteiger partial charge in [-0.15, -0.1) is 0 Å². The third kappa shape index (κ3) is 3.02. The van der Waals surface area contributed by atoms with Crippen LogP contribution in [0.15, 0.2) is 6.20 Å². The van der Waals surface area contributed by atoms with Crippen molar-refractivity contribution in [1.82, 2.24) is 19.4 Å². The van der Waals surface area contributed by atoms with E-state index < -0.39 is 0 Å². The third-order valence-corrected chi connectivity index (χ3v) is 5.40. The molecule has 0 aliphatic carbocycles. The van der Waals surface area contributed by atoms with Crippen LogP contribution >= 0.6 is 0 Å². The van der Waals surface area contributed by atoms with Crippen LogP contribution in [0.1, 0.15) is 42.0 Å². The van der Waals surface area contributed by atoms with Gasteiger partial charge in [0, 0.05) is 45.2 Å². The van der Waals surface area contributed by atoms with Gasteiger partial charge >= 0.3 is 0 Å². The van der Waals surface area contributed by atoms with E-state index in [-0.39, 0.29) is 5.91 Å². The fraction of sp³-hybridized carbons (Fsp3) is 0.765. The van der Waals surface area contributed by atoms with Crippen molar-refractivity contribution in [3.8, 4) is 0 Å². The Morgan fingerprint density at radius 3 is 2.91 bits per heavy atom. The number of morpholine rings is 1. The number of nitrogens with zero attached hydrogens (tertiary/aromatic N) is 4. The second kappa shape index (κ2) is 6.61. The smallest absolute Gasteiger partial charge is 0.272 e. The van der Waals surface area contributed by atoms with Gasteiger partial charge in [-0.2, -0.15) is 0 Å². The summed E-state index contributed by atoms with van der Waals surface area (Å²) in [5.41, 5.74) is 0.800. The summed E-state index contributed by atoms with van der Waals surface area (Å²) < 4.78 is 7.57. The molecular weight excluding hydrogens is 292 g/mol. The van der Waals surface area contributed by atoms with Crippen molar-refractivity contribution in [2.24, 2.45) is 0 Å². The summed E-state index contributed by atoms with van der Waals surface area (Å²) in [5, 5.41) is 0. The minimum Gasteiger partial charge on any atom is -0.379 e. The topological polar surface area (TPSA) is 50.6 Å². The number of amides is 1. The third-order valence-electron chi connectivity index (χ3n) is 5.40. The van der Waals surface area contributed by atoms with Crippen LogP contribution in [0.4, 0.5) is 0 Å². The largest absolute Gasteiger partial charge is 0.379 e. The maximum Gasteiger partial charge on any atom is 0.272 e. The zero-order valence-corrected chi connectivity index (χ0v) is 13.7. The molecule has 3 aliphatic rings. The van der Waals surface area contributed by atoms with E-state index in [1.54, 1.807) is 6.20 Å². The van der Waals surface area contributed by atoms with Crippen molar-refractivity contribution in [3.63, 3.8) is 0 Å². The number of hydrogen-bond donors (Lipinski definition) is 0. The summed E-state index contributed by atoms with van der Waals surface area (Å²) in [7, 11) is 0. The second-order valence-corrected chi connectivity index (χ2v) is 6.88. The summed E-state index contributed by atoms with van der Waals surface area (Å²) in [6.07, 6.45) is 7.37. The lowest BCUT2D eigenvalue weighted by atomic mass is 10.1. The zero-order valence-electron chi connectivity index (χ0n) is 13.7. The molecule has 0 bridgehead atoms. The van der Waals surface area contributed by atoms with Gasteiger partial charge in [0.2, 0.25) is 0 Å². The Hall–Kier alpha value is -1.40. The quantitative estimate of drug-likeness (QED) is 0.839. The van der Waals surface area contributed by atoms with Gasteiger partial charge in [0.1, 0.15) is 11.5 Å². The molecule has 4 rings (SSSR count). The minimum atomic E-state index is 0.182. The Labute approximate surface area is 137 Å². The normalized spacial score (nSPS) is 25.6. The van der Waals surface area contributed by atoms with E-state index in [1.165, 1.54) is 6.42 Å². The van der Waals surface area contributed by atoms with Crippen LogP contribution in [0.5, 0.6) is 0 Å². The Balaban J connectivity index is 1.47. The van der Waals surface area contributed by atoms with E-state index in [4.69, 9.17) is 4.74 Å². The maximum absolute atomic E-state index is 13.1. The molecule has 6 nitrogen and oxygen atoms in total. The van der Waals surface area contributed by atoms with E-state index >= 15 is 0 Å². The number of carbonyl (C=O) groups is 1. The average Bonchev–Trinajstić information content (AvgIpc) is 3.22. The first-order valence-corrected chi connectivity index (χ1v) is 8.98. The lowest BCUT2D eigenvalue weighted by Gasteiger charge is -2.33. The molecule has 0 aromatic carbocycles. The predicted molar refractivity (Wildman–Crippen MR) is 86.5 cm³/mol. The Kier molecular flexibility index (Phi) is 4.35. The van der Waals surface area contributed by atoms with Gasteiger partial charge in [0.05, 0.1) is 19.4 Å². The van der Waals surface area contributed by atoms with Gasteiger partial charge in [-0.1, -0.05) is 0 Å². The van der Waals surface area contributed by atoms with Gasteiger partial charge in [-0.3, -0.25) is 9.69 Å². The van der Waals surface area contributed by atoms with Crippen LogP contribution in [0.2, 0.25) is 0 Å². The number of carbonyl (C=O) groups excluding carboxylic acids is 1. The van der Waals surface area contributed by atoms with Crippen molar-refractivity contribution in [2.75, 3.05) is 39.4 Å². The van der Waals surface area contributed by atoms with Crippen molar-refractivity contribution < 1.29 is 9.53 Å². The molecule has 2 fully saturated rings. The van der Waals surface area contributed by atoms with Crippen molar-refractivity contribution in [1.29, 1.82) is 0 Å². The van der Waals surface area contributed by atoms with Gasteiger partial charge < -0.3 is 14.2 Å². The van der Waals surface area contributed by atoms with Crippen molar-refractivity contribution >= 4 is 5.91 Å². The summed E-state index contributed by atoms with van der Waals surface area (Å²) >= 11 is 0. The molecule has 4 heterocycles. The summed E-state index contributed by atoms with van der Waals surface area (Å²) in [5.74, 6) is 1.27. The first-order valence-electron chi connectivity index (χ1n) is 8.98. The first-order chi connectivity index (χ1) is 11.3. The minimum absolute atomic E-state index is 0.182. The number of imidazole rings is 1. The zero-order chi connectivity index (χ0) is 15.6. The van der Waals surface area contributed by atoms with E-state index in [0.717, 1.165) is 83.1 Å². The molecule has 23 heavy (non-hydrogen) atoms. The number of likely N-dealkylation sites (tertiary alicyclic amines) is 1. The van der Waals surface area contributed by atoms with E-state index in [9.17, 15) is 4.79 Å². The van der Waals surface area contributed by atoms with Crippen LogP contribution in [-0.4, -0.2) is 70.7 Å². The maximum atomic E-state index is 13.1. The average molecular weight is 318 g/mol. The molecule has 6 heteroatoms. The van der Waals surface area contributed by atoms with Crippen LogP contribution in [-0.2, 0) is 17.7 Å². The summed E-state index contributed by atoms with van der Waals surface area (Å²) in [6.45, 7) is 6.41. The van der Waals surface area contributed by atoms with Crippen LogP contribution in [0, 0.1) is 0 Å². The van der Waals surface area contributed by atoms with Gasteiger partial charge in [0.25, 0.3) is 5.91 Å². The molecule has 1 atom stereocenters. The summed E-state index contributed by atoms with van der Waals surface area (Å²) in [4.78, 5) is 22.1. The molecule has 0 unspecified atom stereocenters. The highest BCUT2D eigenvalue weighted by Crippen LogP contribution is 2.23. The lowest BCUT2D eigenvalue weighted by Crippen LogP contribution is -2.47. The molecule has 1 amide bonds. The van der Waals surface area contributed by atoms with Gasteiger partial charge in [-0.05, 0) is 25.7 Å². The van der Waals surface area contributed by atoms with Gasteiger partial charge in [-0.25, -0.2) is 4.98 Å². The van der Waals surface area contributed by atoms with E-state index in [1.807, 2.05) is 0 Å². The standard InChI is InChI=1S/C17H26N4O2/c22-17(15-12-18-16-5-1-2-6-21(15)16)20-7-3-4-14(20)13-19-8-10-23-11-9-19/h12,14H,1-11,13H2/t14-/m0/s1. The molecule has 0 radical (unpaired) electrons. The second-order valence-electron chi connectivity index (χ2n) is 6.88. The lowest BCUT2D eigenvalue weighted by molar-refractivity contribution is 0.0259. The number of aryl methyl sites for hydroxylation is 1. The van der Waals surface area contributed by atoms with E-state index in [2.05, 4.69) is 19.4 Å². The molecule has 0 saturated carbocycles. The molecule has 0 spiro atoms. The molecule has 1 aromatic heterocycles. The molecular formula is C17H26N4O2. The van der Waals surface area contributed by atoms with Crippen LogP contribution in [0.25, 0.3) is 0 Å². The number of fused-ring (bicyclic) bond motifs is 1. The highest BCUT2D eigenvalue weighted by atomic mass is 16.5. The number of aromatic nitrogens is 2. The summed E-state index contributed by atoms with van der Waals surface area (Å²) in [6, 6.07) is 0.343. The fourth-order valence-corrected chi connectivity index (χ4v) is 4.11. The van der Waals surface area contributed by atoms with Crippen molar-refractivity contribution in [2.45, 2.75) is 44.7 Å². The van der Waals surface area contributed by atoms with Crippen LogP contribution < -0.4 is 0 Å². The number of ether oxygens (including phenoxy) is 1. The SMILES string of the molecule is O=C(c1cnc2n1CCCC2)N1CCC[C@H]1CN1CCOCC1. The van der Waals surface area contributed by atoms with Crippen molar-refractivity contribution in [3.05, 3.63) is 17.7 Å². The number of hydrogen-bond acceptors (Lipinski definition) is 4. The highest BCUT2D eigenvalue weighted by molar-refractivity contribution is 5.93. The molecule has 3 aliphatic heterocycles. The predicted octanol–water partition coefficient (Wildman–Crippen LogP) is 1.16. The molecule has 2 saturated heterocycles. The Bertz CT molecular complexity index is 565. The number of rotatable bonds is 3. The monoisotopic (exact) mass is 318 g/mol.